The molecule has 2 saturated heterocycles. The number of piperidine rings is 1. The number of hydrogen-bond donors (Lipinski definition) is 1. The zero-order chi connectivity index (χ0) is 15.5. The van der Waals surface area contributed by atoms with E-state index in [-0.39, 0.29) is 11.6 Å². The lowest BCUT2D eigenvalue weighted by molar-refractivity contribution is -0.0544. The Morgan fingerprint density at radius 3 is 3.04 bits per heavy atom. The number of hydrogen-bond acceptors (Lipinski definition) is 6. The molecular formula is C17H22N4O2. The summed E-state index contributed by atoms with van der Waals surface area (Å²) in [5, 5.41) is 3.39. The molecule has 0 bridgehead atoms. The standard InChI is InChI=1S/C17H22N4O2/c1-4-15(22-9-1)11-21-8-2-5-17(13-21)10-14(12-23-17)20-16-18-6-3-7-19-16/h1,3-4,6-7,9,14H,2,5,8,10-13H2,(H,18,19,20). The van der Waals surface area contributed by atoms with E-state index in [1.807, 2.05) is 18.2 Å². The third-order valence-corrected chi connectivity index (χ3v) is 4.69. The molecule has 4 rings (SSSR count). The summed E-state index contributed by atoms with van der Waals surface area (Å²) in [6.45, 7) is 3.64. The van der Waals surface area contributed by atoms with Crippen molar-refractivity contribution in [1.82, 2.24) is 14.9 Å². The van der Waals surface area contributed by atoms with E-state index in [1.165, 1.54) is 0 Å². The first-order valence-electron chi connectivity index (χ1n) is 8.24. The number of ether oxygens (including phenoxy) is 1. The lowest BCUT2D eigenvalue weighted by atomic mass is 9.88. The van der Waals surface area contributed by atoms with E-state index in [1.54, 1.807) is 18.7 Å². The van der Waals surface area contributed by atoms with Gasteiger partial charge in [-0.1, -0.05) is 0 Å². The van der Waals surface area contributed by atoms with Crippen molar-refractivity contribution < 1.29 is 9.15 Å². The Morgan fingerprint density at radius 1 is 1.30 bits per heavy atom. The van der Waals surface area contributed by atoms with Gasteiger partial charge in [0.25, 0.3) is 0 Å². The summed E-state index contributed by atoms with van der Waals surface area (Å²) in [5.41, 5.74) is -0.0444. The van der Waals surface area contributed by atoms with Gasteiger partial charge in [-0.05, 0) is 37.6 Å². The van der Waals surface area contributed by atoms with Gasteiger partial charge in [0.05, 0.1) is 31.1 Å². The van der Waals surface area contributed by atoms with Crippen LogP contribution in [0.2, 0.25) is 0 Å². The van der Waals surface area contributed by atoms with Crippen LogP contribution in [-0.4, -0.2) is 46.2 Å². The zero-order valence-electron chi connectivity index (χ0n) is 13.1. The van der Waals surface area contributed by atoms with Crippen molar-refractivity contribution in [2.45, 2.75) is 37.5 Å². The summed E-state index contributed by atoms with van der Waals surface area (Å²) in [6.07, 6.45) is 8.53. The first-order valence-corrected chi connectivity index (χ1v) is 8.24. The molecule has 122 valence electrons. The molecular weight excluding hydrogens is 292 g/mol. The van der Waals surface area contributed by atoms with Crippen LogP contribution in [0.25, 0.3) is 0 Å². The summed E-state index contributed by atoms with van der Waals surface area (Å²) in [5.74, 6) is 1.70. The minimum Gasteiger partial charge on any atom is -0.468 e. The van der Waals surface area contributed by atoms with Crippen LogP contribution >= 0.6 is 0 Å². The monoisotopic (exact) mass is 314 g/mol. The van der Waals surface area contributed by atoms with E-state index in [9.17, 15) is 0 Å². The van der Waals surface area contributed by atoms with Crippen molar-refractivity contribution in [1.29, 1.82) is 0 Å². The molecule has 0 aliphatic carbocycles. The second kappa shape index (κ2) is 6.29. The number of nitrogens with one attached hydrogen (secondary N) is 1. The summed E-state index contributed by atoms with van der Waals surface area (Å²) < 4.78 is 11.7. The molecule has 1 N–H and O–H groups in total. The summed E-state index contributed by atoms with van der Waals surface area (Å²) in [6, 6.07) is 6.08. The van der Waals surface area contributed by atoms with Crippen molar-refractivity contribution in [2.24, 2.45) is 0 Å². The highest BCUT2D eigenvalue weighted by Gasteiger charge is 2.43. The largest absolute Gasteiger partial charge is 0.468 e. The first-order chi connectivity index (χ1) is 11.3. The van der Waals surface area contributed by atoms with Gasteiger partial charge in [0, 0.05) is 25.4 Å². The van der Waals surface area contributed by atoms with Crippen LogP contribution in [0.1, 0.15) is 25.0 Å². The fourth-order valence-electron chi connectivity index (χ4n) is 3.73. The lowest BCUT2D eigenvalue weighted by Crippen LogP contribution is -2.47. The van der Waals surface area contributed by atoms with Gasteiger partial charge in [0.1, 0.15) is 5.76 Å². The Bertz CT molecular complexity index is 619. The van der Waals surface area contributed by atoms with Crippen LogP contribution in [0.4, 0.5) is 5.95 Å². The maximum Gasteiger partial charge on any atom is 0.222 e. The number of aromatic nitrogens is 2. The van der Waals surface area contributed by atoms with Gasteiger partial charge in [0.15, 0.2) is 0 Å². The van der Waals surface area contributed by atoms with Gasteiger partial charge >= 0.3 is 0 Å². The van der Waals surface area contributed by atoms with Crippen LogP contribution in [0.3, 0.4) is 0 Å². The zero-order valence-corrected chi connectivity index (χ0v) is 13.1. The van der Waals surface area contributed by atoms with Gasteiger partial charge < -0.3 is 14.5 Å². The van der Waals surface area contributed by atoms with E-state index in [4.69, 9.17) is 9.15 Å². The smallest absolute Gasteiger partial charge is 0.222 e. The first kappa shape index (κ1) is 14.7. The Kier molecular flexibility index (Phi) is 4.01. The Balaban J connectivity index is 1.37. The molecule has 2 unspecified atom stereocenters. The maximum atomic E-state index is 6.23. The number of furan rings is 1. The minimum absolute atomic E-state index is 0.0444. The van der Waals surface area contributed by atoms with Crippen molar-refractivity contribution in [3.63, 3.8) is 0 Å². The summed E-state index contributed by atoms with van der Waals surface area (Å²) in [4.78, 5) is 10.9. The SMILES string of the molecule is c1cnc(NC2COC3(CCCN(Cc4ccco4)C3)C2)nc1. The van der Waals surface area contributed by atoms with E-state index < -0.39 is 0 Å². The Hall–Kier alpha value is -1.92. The Labute approximate surface area is 135 Å². The van der Waals surface area contributed by atoms with Crippen molar-refractivity contribution in [2.75, 3.05) is 25.0 Å². The molecule has 1 spiro atoms. The second-order valence-electron chi connectivity index (χ2n) is 6.51. The number of rotatable bonds is 4. The predicted molar refractivity (Wildman–Crippen MR) is 86.0 cm³/mol. The Morgan fingerprint density at radius 2 is 2.22 bits per heavy atom. The molecule has 2 aliphatic heterocycles. The van der Waals surface area contributed by atoms with Crippen molar-refractivity contribution in [3.8, 4) is 0 Å². The lowest BCUT2D eigenvalue weighted by Gasteiger charge is -2.39. The fraction of sp³-hybridized carbons (Fsp3) is 0.529. The minimum atomic E-state index is -0.0444. The molecule has 2 aliphatic rings. The van der Waals surface area contributed by atoms with Crippen LogP contribution in [0.15, 0.2) is 41.3 Å². The molecule has 0 radical (unpaired) electrons. The van der Waals surface area contributed by atoms with Crippen molar-refractivity contribution in [3.05, 3.63) is 42.6 Å². The molecule has 2 aromatic rings. The third-order valence-electron chi connectivity index (χ3n) is 4.69. The van der Waals surface area contributed by atoms with E-state index in [2.05, 4.69) is 20.2 Å². The quantitative estimate of drug-likeness (QED) is 0.934. The van der Waals surface area contributed by atoms with E-state index in [0.717, 1.165) is 44.7 Å². The maximum absolute atomic E-state index is 6.23. The molecule has 2 atom stereocenters. The number of anilines is 1. The van der Waals surface area contributed by atoms with Gasteiger partial charge in [-0.25, -0.2) is 9.97 Å². The highest BCUT2D eigenvalue weighted by molar-refractivity contribution is 5.25. The topological polar surface area (TPSA) is 63.4 Å². The van der Waals surface area contributed by atoms with Crippen LogP contribution in [-0.2, 0) is 11.3 Å². The molecule has 6 nitrogen and oxygen atoms in total. The number of likely N-dealkylation sites (tertiary alicyclic amines) is 1. The molecule has 6 heteroatoms. The molecule has 0 saturated carbocycles. The molecule has 4 heterocycles. The summed E-state index contributed by atoms with van der Waals surface area (Å²) in [7, 11) is 0. The van der Waals surface area contributed by atoms with Crippen LogP contribution < -0.4 is 5.32 Å². The van der Waals surface area contributed by atoms with Gasteiger partial charge in [-0.15, -0.1) is 0 Å². The van der Waals surface area contributed by atoms with Crippen LogP contribution in [0, 0.1) is 0 Å². The fourth-order valence-corrected chi connectivity index (χ4v) is 3.73. The average molecular weight is 314 g/mol. The highest BCUT2D eigenvalue weighted by Crippen LogP contribution is 2.35. The predicted octanol–water partition coefficient (Wildman–Crippen LogP) is 2.31. The van der Waals surface area contributed by atoms with Crippen molar-refractivity contribution >= 4 is 5.95 Å². The second-order valence-corrected chi connectivity index (χ2v) is 6.51. The van der Waals surface area contributed by atoms with E-state index >= 15 is 0 Å². The van der Waals surface area contributed by atoms with Gasteiger partial charge in [0.2, 0.25) is 5.95 Å². The molecule has 0 aromatic carbocycles. The highest BCUT2D eigenvalue weighted by atomic mass is 16.5. The number of nitrogens with zero attached hydrogens (tertiary/aromatic N) is 3. The molecule has 2 aromatic heterocycles. The van der Waals surface area contributed by atoms with Gasteiger partial charge in [-0.3, -0.25) is 4.90 Å². The molecule has 2 fully saturated rings. The normalized spacial score (nSPS) is 28.3. The van der Waals surface area contributed by atoms with Gasteiger partial charge in [-0.2, -0.15) is 0 Å². The summed E-state index contributed by atoms with van der Waals surface area (Å²) >= 11 is 0. The van der Waals surface area contributed by atoms with E-state index in [0.29, 0.717) is 12.6 Å². The molecule has 0 amide bonds. The third kappa shape index (κ3) is 3.38. The average Bonchev–Trinajstić information content (AvgIpc) is 3.19. The molecule has 23 heavy (non-hydrogen) atoms. The van der Waals surface area contributed by atoms with Crippen LogP contribution in [0.5, 0.6) is 0 Å².